The normalized spacial score (nSPS) is 10.5. The van der Waals surface area contributed by atoms with Crippen molar-refractivity contribution >= 4 is 17.6 Å². The van der Waals surface area contributed by atoms with Gasteiger partial charge in [0.25, 0.3) is 0 Å². The van der Waals surface area contributed by atoms with Crippen molar-refractivity contribution in [2.45, 2.75) is 26.4 Å². The molecule has 1 N–H and O–H groups in total. The molecular formula is C12H16ClFN2O. The highest BCUT2D eigenvalue weighted by Crippen LogP contribution is 2.20. The number of nitrogens with one attached hydrogen (secondary N) is 1. The van der Waals surface area contributed by atoms with Crippen LogP contribution in [0.4, 0.5) is 9.18 Å². The van der Waals surface area contributed by atoms with Crippen LogP contribution >= 0.6 is 11.6 Å². The molecule has 0 aliphatic carbocycles. The first-order chi connectivity index (χ1) is 7.91. The Morgan fingerprint density at radius 3 is 2.71 bits per heavy atom. The van der Waals surface area contributed by atoms with Gasteiger partial charge in [0.05, 0.1) is 6.54 Å². The number of hydrogen-bond acceptors (Lipinski definition) is 1. The SMILES string of the molecule is CC(C)NC(=O)N(C)Cc1c(F)cccc1Cl. The molecule has 0 spiro atoms. The van der Waals surface area contributed by atoms with Crippen molar-refractivity contribution in [3.05, 3.63) is 34.6 Å². The van der Waals surface area contributed by atoms with E-state index in [2.05, 4.69) is 5.32 Å². The zero-order chi connectivity index (χ0) is 13.0. The van der Waals surface area contributed by atoms with E-state index in [4.69, 9.17) is 11.6 Å². The highest BCUT2D eigenvalue weighted by molar-refractivity contribution is 6.31. The maximum atomic E-state index is 13.5. The zero-order valence-corrected chi connectivity index (χ0v) is 10.9. The van der Waals surface area contributed by atoms with Gasteiger partial charge in [-0.1, -0.05) is 17.7 Å². The number of benzene rings is 1. The van der Waals surface area contributed by atoms with Crippen LogP contribution in [0.25, 0.3) is 0 Å². The number of carbonyl (C=O) groups is 1. The summed E-state index contributed by atoms with van der Waals surface area (Å²) in [5.74, 6) is -0.401. The molecule has 0 bridgehead atoms. The second-order valence-corrected chi connectivity index (χ2v) is 4.57. The lowest BCUT2D eigenvalue weighted by atomic mass is 10.2. The molecular weight excluding hydrogens is 243 g/mol. The van der Waals surface area contributed by atoms with Crippen molar-refractivity contribution in [3.63, 3.8) is 0 Å². The second kappa shape index (κ2) is 5.87. The van der Waals surface area contributed by atoms with Crippen LogP contribution < -0.4 is 5.32 Å². The first kappa shape index (κ1) is 13.8. The summed E-state index contributed by atoms with van der Waals surface area (Å²) in [6.45, 7) is 3.87. The van der Waals surface area contributed by atoms with Gasteiger partial charge in [0.2, 0.25) is 0 Å². The maximum absolute atomic E-state index is 13.5. The molecule has 0 aliphatic heterocycles. The Hall–Kier alpha value is -1.29. The second-order valence-electron chi connectivity index (χ2n) is 4.16. The van der Waals surface area contributed by atoms with E-state index in [1.165, 1.54) is 17.0 Å². The van der Waals surface area contributed by atoms with Crippen LogP contribution in [0.1, 0.15) is 19.4 Å². The number of amides is 2. The summed E-state index contributed by atoms with van der Waals surface area (Å²) in [6.07, 6.45) is 0. The first-order valence-electron chi connectivity index (χ1n) is 5.36. The highest BCUT2D eigenvalue weighted by Gasteiger charge is 2.14. The predicted molar refractivity (Wildman–Crippen MR) is 66.5 cm³/mol. The van der Waals surface area contributed by atoms with Gasteiger partial charge in [0.15, 0.2) is 0 Å². The Balaban J connectivity index is 2.74. The van der Waals surface area contributed by atoms with Crippen molar-refractivity contribution in [1.29, 1.82) is 0 Å². The first-order valence-corrected chi connectivity index (χ1v) is 5.74. The predicted octanol–water partition coefficient (Wildman–Crippen LogP) is 3.03. The summed E-state index contributed by atoms with van der Waals surface area (Å²) < 4.78 is 13.5. The fraction of sp³-hybridized carbons (Fsp3) is 0.417. The third-order valence-electron chi connectivity index (χ3n) is 2.22. The summed E-state index contributed by atoms with van der Waals surface area (Å²) in [4.78, 5) is 13.0. The molecule has 0 atom stereocenters. The van der Waals surface area contributed by atoms with E-state index in [0.717, 1.165) is 0 Å². The minimum Gasteiger partial charge on any atom is -0.336 e. The quantitative estimate of drug-likeness (QED) is 0.888. The molecule has 0 radical (unpaired) electrons. The topological polar surface area (TPSA) is 32.3 Å². The van der Waals surface area contributed by atoms with E-state index in [1.807, 2.05) is 13.8 Å². The molecule has 0 aromatic heterocycles. The van der Waals surface area contributed by atoms with Crippen LogP contribution in [-0.4, -0.2) is 24.0 Å². The molecule has 0 unspecified atom stereocenters. The van der Waals surface area contributed by atoms with Crippen LogP contribution in [0.5, 0.6) is 0 Å². The van der Waals surface area contributed by atoms with Crippen molar-refractivity contribution in [3.8, 4) is 0 Å². The van der Waals surface area contributed by atoms with Crippen LogP contribution in [0, 0.1) is 5.82 Å². The van der Waals surface area contributed by atoms with E-state index in [1.54, 1.807) is 13.1 Å². The minimum absolute atomic E-state index is 0.0426. The summed E-state index contributed by atoms with van der Waals surface area (Å²) in [5, 5.41) is 3.05. The lowest BCUT2D eigenvalue weighted by molar-refractivity contribution is 0.204. The van der Waals surface area contributed by atoms with Crippen LogP contribution in [0.15, 0.2) is 18.2 Å². The Labute approximate surface area is 106 Å². The van der Waals surface area contributed by atoms with Gasteiger partial charge >= 0.3 is 6.03 Å². The van der Waals surface area contributed by atoms with Gasteiger partial charge in [-0.05, 0) is 26.0 Å². The van der Waals surface area contributed by atoms with E-state index in [0.29, 0.717) is 10.6 Å². The standard InChI is InChI=1S/C12H16ClFN2O/c1-8(2)15-12(17)16(3)7-9-10(13)5-4-6-11(9)14/h4-6,8H,7H2,1-3H3,(H,15,17). The van der Waals surface area contributed by atoms with Crippen LogP contribution in [0.3, 0.4) is 0 Å². The van der Waals surface area contributed by atoms with Crippen LogP contribution in [-0.2, 0) is 6.54 Å². The van der Waals surface area contributed by atoms with Gasteiger partial charge in [0.1, 0.15) is 5.82 Å². The van der Waals surface area contributed by atoms with Crippen molar-refractivity contribution < 1.29 is 9.18 Å². The smallest absolute Gasteiger partial charge is 0.317 e. The number of urea groups is 1. The maximum Gasteiger partial charge on any atom is 0.317 e. The molecule has 0 saturated carbocycles. The van der Waals surface area contributed by atoms with E-state index in [-0.39, 0.29) is 18.6 Å². The molecule has 3 nitrogen and oxygen atoms in total. The summed E-state index contributed by atoms with van der Waals surface area (Å²) in [5.41, 5.74) is 0.329. The molecule has 0 aliphatic rings. The average molecular weight is 259 g/mol. The molecule has 2 amide bonds. The van der Waals surface area contributed by atoms with Gasteiger partial charge < -0.3 is 10.2 Å². The van der Waals surface area contributed by atoms with Crippen molar-refractivity contribution in [2.24, 2.45) is 0 Å². The monoisotopic (exact) mass is 258 g/mol. The highest BCUT2D eigenvalue weighted by atomic mass is 35.5. The number of hydrogen-bond donors (Lipinski definition) is 1. The van der Waals surface area contributed by atoms with Crippen molar-refractivity contribution in [2.75, 3.05) is 7.05 Å². The van der Waals surface area contributed by atoms with Crippen LogP contribution in [0.2, 0.25) is 5.02 Å². The number of nitrogens with zero attached hydrogens (tertiary/aromatic N) is 1. The molecule has 1 aromatic carbocycles. The lowest BCUT2D eigenvalue weighted by Gasteiger charge is -2.20. The van der Waals surface area contributed by atoms with E-state index in [9.17, 15) is 9.18 Å². The fourth-order valence-electron chi connectivity index (χ4n) is 1.35. The number of halogens is 2. The van der Waals surface area contributed by atoms with Gasteiger partial charge in [-0.15, -0.1) is 0 Å². The summed E-state index contributed by atoms with van der Waals surface area (Å²) >= 11 is 5.89. The third kappa shape index (κ3) is 3.89. The Kier molecular flexibility index (Phi) is 4.75. The molecule has 5 heteroatoms. The average Bonchev–Trinajstić information content (AvgIpc) is 2.22. The van der Waals surface area contributed by atoms with Gasteiger partial charge in [-0.2, -0.15) is 0 Å². The Morgan fingerprint density at radius 2 is 2.18 bits per heavy atom. The number of carbonyl (C=O) groups excluding carboxylic acids is 1. The summed E-state index contributed by atoms with van der Waals surface area (Å²) in [7, 11) is 1.60. The molecule has 0 fully saturated rings. The molecule has 1 aromatic rings. The van der Waals surface area contributed by atoms with Gasteiger partial charge in [-0.25, -0.2) is 9.18 Å². The van der Waals surface area contributed by atoms with Gasteiger partial charge in [0, 0.05) is 23.7 Å². The molecule has 94 valence electrons. The Morgan fingerprint density at radius 1 is 1.53 bits per heavy atom. The van der Waals surface area contributed by atoms with Crippen molar-refractivity contribution in [1.82, 2.24) is 10.2 Å². The third-order valence-corrected chi connectivity index (χ3v) is 2.57. The lowest BCUT2D eigenvalue weighted by Crippen LogP contribution is -2.40. The number of rotatable bonds is 3. The molecule has 1 rings (SSSR count). The largest absolute Gasteiger partial charge is 0.336 e. The zero-order valence-electron chi connectivity index (χ0n) is 10.1. The molecule has 0 heterocycles. The summed E-state index contributed by atoms with van der Waals surface area (Å²) in [6, 6.07) is 4.26. The minimum atomic E-state index is -0.401. The van der Waals surface area contributed by atoms with E-state index >= 15 is 0 Å². The van der Waals surface area contributed by atoms with E-state index < -0.39 is 5.82 Å². The molecule has 0 saturated heterocycles. The fourth-order valence-corrected chi connectivity index (χ4v) is 1.57. The Bertz CT molecular complexity index is 389. The molecule has 17 heavy (non-hydrogen) atoms. The van der Waals surface area contributed by atoms with Gasteiger partial charge in [-0.3, -0.25) is 0 Å².